The molecule has 2 rings (SSSR count). The molecule has 14 heavy (non-hydrogen) atoms. The van der Waals surface area contributed by atoms with E-state index in [-0.39, 0.29) is 6.04 Å². The van der Waals surface area contributed by atoms with Crippen LogP contribution in [0.25, 0.3) is 0 Å². The van der Waals surface area contributed by atoms with Gasteiger partial charge in [-0.05, 0) is 31.4 Å². The number of nitrogens with two attached hydrogens (primary N) is 1. The highest BCUT2D eigenvalue weighted by Crippen LogP contribution is 2.16. The van der Waals surface area contributed by atoms with Crippen molar-refractivity contribution in [3.8, 4) is 0 Å². The summed E-state index contributed by atoms with van der Waals surface area (Å²) in [4.78, 5) is 2.22. The van der Waals surface area contributed by atoms with E-state index in [0.717, 1.165) is 37.3 Å². The quantitative estimate of drug-likeness (QED) is 0.712. The van der Waals surface area contributed by atoms with Gasteiger partial charge in [0, 0.05) is 19.1 Å². The minimum Gasteiger partial charge on any atom is -0.354 e. The molecule has 0 aliphatic carbocycles. The molecule has 0 spiro atoms. The summed E-state index contributed by atoms with van der Waals surface area (Å²) in [6.45, 7) is 3.98. The van der Waals surface area contributed by atoms with E-state index in [2.05, 4.69) is 21.2 Å². The molecule has 0 saturated carbocycles. The van der Waals surface area contributed by atoms with Crippen LogP contribution >= 0.6 is 0 Å². The number of nitrogens with zero attached hydrogens (tertiary/aromatic N) is 3. The molecule has 4 nitrogen and oxygen atoms in total. The standard InChI is InChI=1S/C10H16N4/c1-8-5-10(13-12-6-8)14-4-2-3-9(11)7-14/h5-6,9H,2-4,7,11H2,1H3. The van der Waals surface area contributed by atoms with E-state index in [0.29, 0.717) is 0 Å². The Morgan fingerprint density at radius 3 is 3.14 bits per heavy atom. The van der Waals surface area contributed by atoms with Crippen LogP contribution in [0.3, 0.4) is 0 Å². The van der Waals surface area contributed by atoms with Crippen LogP contribution in [0.2, 0.25) is 0 Å². The maximum Gasteiger partial charge on any atom is 0.151 e. The Balaban J connectivity index is 2.14. The van der Waals surface area contributed by atoms with Crippen LogP contribution in [0.1, 0.15) is 18.4 Å². The number of aromatic nitrogens is 2. The number of hydrogen-bond acceptors (Lipinski definition) is 4. The Labute approximate surface area is 84.1 Å². The van der Waals surface area contributed by atoms with Crippen molar-refractivity contribution in [2.75, 3.05) is 18.0 Å². The lowest BCUT2D eigenvalue weighted by Gasteiger charge is -2.31. The van der Waals surface area contributed by atoms with Crippen LogP contribution in [0.15, 0.2) is 12.3 Å². The molecule has 76 valence electrons. The summed E-state index contributed by atoms with van der Waals surface area (Å²) in [5, 5.41) is 8.07. The Morgan fingerprint density at radius 1 is 1.57 bits per heavy atom. The van der Waals surface area contributed by atoms with Gasteiger partial charge >= 0.3 is 0 Å². The third-order valence-corrected chi connectivity index (χ3v) is 2.56. The zero-order valence-electron chi connectivity index (χ0n) is 8.48. The molecule has 4 heteroatoms. The fourth-order valence-electron chi connectivity index (χ4n) is 1.82. The SMILES string of the molecule is Cc1cnnc(N2CCCC(N)C2)c1. The van der Waals surface area contributed by atoms with E-state index in [1.54, 1.807) is 6.20 Å². The first-order chi connectivity index (χ1) is 6.75. The van der Waals surface area contributed by atoms with Crippen molar-refractivity contribution < 1.29 is 0 Å². The molecule has 1 unspecified atom stereocenters. The van der Waals surface area contributed by atoms with Crippen molar-refractivity contribution in [1.29, 1.82) is 0 Å². The molecular formula is C10H16N4. The molecule has 1 atom stereocenters. The first-order valence-corrected chi connectivity index (χ1v) is 5.05. The lowest BCUT2D eigenvalue weighted by atomic mass is 10.1. The van der Waals surface area contributed by atoms with Crippen LogP contribution in [0.4, 0.5) is 5.82 Å². The van der Waals surface area contributed by atoms with E-state index >= 15 is 0 Å². The topological polar surface area (TPSA) is 55.0 Å². The van der Waals surface area contributed by atoms with Gasteiger partial charge in [-0.3, -0.25) is 0 Å². The number of piperidine rings is 1. The van der Waals surface area contributed by atoms with Gasteiger partial charge in [0.1, 0.15) is 0 Å². The smallest absolute Gasteiger partial charge is 0.151 e. The molecule has 1 fully saturated rings. The number of anilines is 1. The highest BCUT2D eigenvalue weighted by atomic mass is 15.3. The van der Waals surface area contributed by atoms with Gasteiger partial charge in [0.15, 0.2) is 5.82 Å². The zero-order chi connectivity index (χ0) is 9.97. The average Bonchev–Trinajstić information content (AvgIpc) is 2.18. The van der Waals surface area contributed by atoms with Crippen molar-refractivity contribution in [2.45, 2.75) is 25.8 Å². The third-order valence-electron chi connectivity index (χ3n) is 2.56. The number of hydrogen-bond donors (Lipinski definition) is 1. The molecular weight excluding hydrogens is 176 g/mol. The second-order valence-electron chi connectivity index (χ2n) is 3.94. The summed E-state index contributed by atoms with van der Waals surface area (Å²) in [6.07, 6.45) is 4.04. The van der Waals surface area contributed by atoms with Crippen LogP contribution in [-0.4, -0.2) is 29.3 Å². The zero-order valence-corrected chi connectivity index (χ0v) is 8.48. The molecule has 0 radical (unpaired) electrons. The van der Waals surface area contributed by atoms with Gasteiger partial charge < -0.3 is 10.6 Å². The molecule has 1 aromatic rings. The summed E-state index contributed by atoms with van der Waals surface area (Å²) in [5.74, 6) is 0.958. The van der Waals surface area contributed by atoms with E-state index in [1.165, 1.54) is 0 Å². The van der Waals surface area contributed by atoms with Gasteiger partial charge in [-0.2, -0.15) is 5.10 Å². The number of aryl methyl sites for hydroxylation is 1. The minimum atomic E-state index is 0.283. The predicted octanol–water partition coefficient (Wildman–Crippen LogP) is 0.713. The Kier molecular flexibility index (Phi) is 2.63. The Bertz CT molecular complexity index is 313. The normalized spacial score (nSPS) is 22.4. The second-order valence-corrected chi connectivity index (χ2v) is 3.94. The summed E-state index contributed by atoms with van der Waals surface area (Å²) < 4.78 is 0. The van der Waals surface area contributed by atoms with Gasteiger partial charge in [0.05, 0.1) is 6.20 Å². The molecule has 1 aliphatic rings. The predicted molar refractivity (Wildman–Crippen MR) is 56.2 cm³/mol. The van der Waals surface area contributed by atoms with Gasteiger partial charge in [0.25, 0.3) is 0 Å². The largest absolute Gasteiger partial charge is 0.354 e. The van der Waals surface area contributed by atoms with Crippen LogP contribution in [-0.2, 0) is 0 Å². The summed E-state index contributed by atoms with van der Waals surface area (Å²) >= 11 is 0. The van der Waals surface area contributed by atoms with Crippen LogP contribution in [0.5, 0.6) is 0 Å². The molecule has 0 aromatic carbocycles. The van der Waals surface area contributed by atoms with E-state index < -0.39 is 0 Å². The van der Waals surface area contributed by atoms with Crippen molar-refractivity contribution >= 4 is 5.82 Å². The maximum atomic E-state index is 5.91. The minimum absolute atomic E-state index is 0.283. The lowest BCUT2D eigenvalue weighted by Crippen LogP contribution is -2.43. The molecule has 1 aromatic heterocycles. The lowest BCUT2D eigenvalue weighted by molar-refractivity contribution is 0.502. The molecule has 0 amide bonds. The van der Waals surface area contributed by atoms with E-state index in [4.69, 9.17) is 5.73 Å². The number of rotatable bonds is 1. The van der Waals surface area contributed by atoms with Gasteiger partial charge in [0.2, 0.25) is 0 Å². The van der Waals surface area contributed by atoms with Crippen molar-refractivity contribution in [3.63, 3.8) is 0 Å². The summed E-state index contributed by atoms with van der Waals surface area (Å²) in [7, 11) is 0. The molecule has 1 saturated heterocycles. The van der Waals surface area contributed by atoms with E-state index in [9.17, 15) is 0 Å². The highest BCUT2D eigenvalue weighted by molar-refractivity contribution is 5.39. The van der Waals surface area contributed by atoms with E-state index in [1.807, 2.05) is 6.92 Å². The van der Waals surface area contributed by atoms with Crippen molar-refractivity contribution in [1.82, 2.24) is 10.2 Å². The molecule has 2 heterocycles. The average molecular weight is 192 g/mol. The fourth-order valence-corrected chi connectivity index (χ4v) is 1.82. The first-order valence-electron chi connectivity index (χ1n) is 5.05. The monoisotopic (exact) mass is 192 g/mol. The molecule has 2 N–H and O–H groups in total. The van der Waals surface area contributed by atoms with Crippen LogP contribution in [0, 0.1) is 6.92 Å². The van der Waals surface area contributed by atoms with Crippen LogP contribution < -0.4 is 10.6 Å². The van der Waals surface area contributed by atoms with Crippen molar-refractivity contribution in [3.05, 3.63) is 17.8 Å². The van der Waals surface area contributed by atoms with Gasteiger partial charge in [-0.1, -0.05) is 0 Å². The second kappa shape index (κ2) is 3.92. The maximum absolute atomic E-state index is 5.91. The Morgan fingerprint density at radius 2 is 2.43 bits per heavy atom. The summed E-state index contributed by atoms with van der Waals surface area (Å²) in [6, 6.07) is 2.34. The summed E-state index contributed by atoms with van der Waals surface area (Å²) in [5.41, 5.74) is 7.06. The van der Waals surface area contributed by atoms with Gasteiger partial charge in [-0.25, -0.2) is 0 Å². The third kappa shape index (κ3) is 2.01. The van der Waals surface area contributed by atoms with Crippen molar-refractivity contribution in [2.24, 2.45) is 5.73 Å². The fraction of sp³-hybridized carbons (Fsp3) is 0.600. The van der Waals surface area contributed by atoms with Gasteiger partial charge in [-0.15, -0.1) is 5.10 Å². The molecule has 1 aliphatic heterocycles. The first kappa shape index (κ1) is 9.40. The Hall–Kier alpha value is -1.16. The molecule has 0 bridgehead atoms. The highest BCUT2D eigenvalue weighted by Gasteiger charge is 2.17.